The largest absolute Gasteiger partial charge is 0.374 e. The minimum Gasteiger partial charge on any atom is -0.374 e. The molecular formula is C18H23N5OS. The highest BCUT2D eigenvalue weighted by Crippen LogP contribution is 2.16. The fourth-order valence-electron chi connectivity index (χ4n) is 2.98. The van der Waals surface area contributed by atoms with Crippen molar-refractivity contribution in [1.29, 1.82) is 0 Å². The molecule has 4 N–H and O–H groups in total. The molecule has 0 aliphatic carbocycles. The summed E-state index contributed by atoms with van der Waals surface area (Å²) in [7, 11) is 0. The average molecular weight is 357 g/mol. The van der Waals surface area contributed by atoms with Crippen molar-refractivity contribution in [3.05, 3.63) is 50.3 Å². The van der Waals surface area contributed by atoms with Crippen molar-refractivity contribution in [3.8, 4) is 0 Å². The number of rotatable bonds is 6. The van der Waals surface area contributed by atoms with Crippen molar-refractivity contribution in [1.82, 2.24) is 20.5 Å². The van der Waals surface area contributed by atoms with Crippen LogP contribution < -0.4 is 16.5 Å². The van der Waals surface area contributed by atoms with Gasteiger partial charge in [-0.2, -0.15) is 0 Å². The minimum absolute atomic E-state index is 0.138. The molecule has 7 heteroatoms. The molecule has 3 rings (SSSR count). The second kappa shape index (κ2) is 7.33. The summed E-state index contributed by atoms with van der Waals surface area (Å²) < 4.78 is 0. The summed E-state index contributed by atoms with van der Waals surface area (Å²) in [6.45, 7) is 6.75. The number of nitrogen functional groups attached to an aromatic ring is 1. The van der Waals surface area contributed by atoms with Crippen molar-refractivity contribution in [2.45, 2.75) is 46.2 Å². The predicted octanol–water partition coefficient (Wildman–Crippen LogP) is 2.69. The van der Waals surface area contributed by atoms with E-state index in [-0.39, 0.29) is 11.5 Å². The van der Waals surface area contributed by atoms with Crippen LogP contribution in [0.2, 0.25) is 0 Å². The summed E-state index contributed by atoms with van der Waals surface area (Å²) in [5.41, 5.74) is 9.58. The first kappa shape index (κ1) is 17.6. The number of anilines is 1. The van der Waals surface area contributed by atoms with Gasteiger partial charge in [-0.05, 0) is 45.2 Å². The molecule has 0 amide bonds. The van der Waals surface area contributed by atoms with E-state index in [1.807, 2.05) is 32.0 Å². The fraction of sp³-hybridized carbons (Fsp3) is 0.389. The van der Waals surface area contributed by atoms with Gasteiger partial charge in [-0.1, -0.05) is 23.5 Å². The Bertz CT molecular complexity index is 946. The van der Waals surface area contributed by atoms with Crippen LogP contribution in [0.25, 0.3) is 10.9 Å². The Kier molecular flexibility index (Phi) is 5.15. The Labute approximate surface area is 150 Å². The van der Waals surface area contributed by atoms with Crippen molar-refractivity contribution < 1.29 is 0 Å². The number of benzene rings is 1. The molecule has 2 heterocycles. The number of para-hydroxylation sites is 1. The van der Waals surface area contributed by atoms with Gasteiger partial charge in [0.05, 0.1) is 12.1 Å². The second-order valence-corrected chi connectivity index (χ2v) is 7.50. The van der Waals surface area contributed by atoms with Gasteiger partial charge in [0.15, 0.2) is 5.43 Å². The van der Waals surface area contributed by atoms with E-state index in [9.17, 15) is 4.79 Å². The number of aryl methyl sites for hydroxylation is 2. The molecule has 1 atom stereocenters. The molecule has 0 aliphatic rings. The Balaban J connectivity index is 1.69. The Morgan fingerprint density at radius 3 is 2.84 bits per heavy atom. The van der Waals surface area contributed by atoms with E-state index in [1.54, 1.807) is 0 Å². The summed E-state index contributed by atoms with van der Waals surface area (Å²) in [5.74, 6) is 0. The summed E-state index contributed by atoms with van der Waals surface area (Å²) >= 11 is 1.39. The average Bonchev–Trinajstić information content (AvgIpc) is 2.99. The maximum atomic E-state index is 12.8. The monoisotopic (exact) mass is 357 g/mol. The standard InChI is InChI=1S/C18H23N5OS/c1-10-5-4-6-14-16(10)21-12(3)13(17(14)24)8-7-11(2)20-9-15-22-23-18(19)25-15/h4-6,11,20H,7-9H2,1-3H3,(H2,19,23)(H,21,24). The lowest BCUT2D eigenvalue weighted by Gasteiger charge is -2.14. The number of aromatic nitrogens is 3. The number of nitrogens with zero attached hydrogens (tertiary/aromatic N) is 2. The molecule has 1 aromatic carbocycles. The Morgan fingerprint density at radius 1 is 1.32 bits per heavy atom. The van der Waals surface area contributed by atoms with E-state index in [1.165, 1.54) is 11.3 Å². The van der Waals surface area contributed by atoms with Gasteiger partial charge in [-0.3, -0.25) is 4.79 Å². The lowest BCUT2D eigenvalue weighted by atomic mass is 10.0. The molecule has 0 aliphatic heterocycles. The van der Waals surface area contributed by atoms with Gasteiger partial charge in [-0.25, -0.2) is 0 Å². The highest BCUT2D eigenvalue weighted by atomic mass is 32.1. The van der Waals surface area contributed by atoms with Crippen molar-refractivity contribution in [2.24, 2.45) is 0 Å². The first-order valence-electron chi connectivity index (χ1n) is 8.38. The smallest absolute Gasteiger partial charge is 0.203 e. The summed E-state index contributed by atoms with van der Waals surface area (Å²) in [4.78, 5) is 16.2. The van der Waals surface area contributed by atoms with Crippen LogP contribution in [0.5, 0.6) is 0 Å². The molecule has 0 fully saturated rings. The predicted molar refractivity (Wildman–Crippen MR) is 103 cm³/mol. The first-order valence-corrected chi connectivity index (χ1v) is 9.19. The van der Waals surface area contributed by atoms with E-state index in [0.717, 1.165) is 45.6 Å². The van der Waals surface area contributed by atoms with Crippen LogP contribution in [0.3, 0.4) is 0 Å². The summed E-state index contributed by atoms with van der Waals surface area (Å²) in [6, 6.07) is 6.11. The van der Waals surface area contributed by atoms with Crippen LogP contribution in [0.1, 0.15) is 35.2 Å². The Morgan fingerprint density at radius 2 is 2.12 bits per heavy atom. The van der Waals surface area contributed by atoms with Crippen LogP contribution in [0.15, 0.2) is 23.0 Å². The van der Waals surface area contributed by atoms with E-state index in [4.69, 9.17) is 5.73 Å². The molecule has 1 unspecified atom stereocenters. The third kappa shape index (κ3) is 3.88. The molecule has 25 heavy (non-hydrogen) atoms. The fourth-order valence-corrected chi connectivity index (χ4v) is 3.54. The van der Waals surface area contributed by atoms with Gasteiger partial charge in [-0.15, -0.1) is 10.2 Å². The maximum absolute atomic E-state index is 12.8. The number of H-pyrrole nitrogens is 1. The lowest BCUT2D eigenvalue weighted by Crippen LogP contribution is -2.27. The molecule has 2 aromatic heterocycles. The highest BCUT2D eigenvalue weighted by Gasteiger charge is 2.12. The molecule has 0 spiro atoms. The quantitative estimate of drug-likeness (QED) is 0.630. The van der Waals surface area contributed by atoms with E-state index < -0.39 is 0 Å². The normalized spacial score (nSPS) is 12.6. The van der Waals surface area contributed by atoms with Gasteiger partial charge in [0.25, 0.3) is 0 Å². The number of hydrogen-bond acceptors (Lipinski definition) is 6. The lowest BCUT2D eigenvalue weighted by molar-refractivity contribution is 0.511. The third-order valence-corrected chi connectivity index (χ3v) is 5.22. The number of aromatic amines is 1. The van der Waals surface area contributed by atoms with Gasteiger partial charge in [0.2, 0.25) is 5.13 Å². The Hall–Kier alpha value is -2.25. The number of nitrogens with two attached hydrogens (primary N) is 1. The topological polar surface area (TPSA) is 96.7 Å². The highest BCUT2D eigenvalue weighted by molar-refractivity contribution is 7.15. The molecule has 132 valence electrons. The van der Waals surface area contributed by atoms with E-state index >= 15 is 0 Å². The summed E-state index contributed by atoms with van der Waals surface area (Å²) in [5, 5.41) is 13.3. The SMILES string of the molecule is Cc1[nH]c2c(C)cccc2c(=O)c1CCC(C)NCc1nnc(N)s1. The third-order valence-electron chi connectivity index (χ3n) is 4.47. The molecular weight excluding hydrogens is 334 g/mol. The molecule has 0 saturated heterocycles. The number of nitrogens with one attached hydrogen (secondary N) is 2. The zero-order valence-electron chi connectivity index (χ0n) is 14.7. The van der Waals surface area contributed by atoms with Crippen LogP contribution in [0, 0.1) is 13.8 Å². The molecule has 0 radical (unpaired) electrons. The zero-order valence-corrected chi connectivity index (χ0v) is 15.5. The van der Waals surface area contributed by atoms with Gasteiger partial charge < -0.3 is 16.0 Å². The molecule has 6 nitrogen and oxygen atoms in total. The first-order chi connectivity index (χ1) is 12.0. The second-order valence-electron chi connectivity index (χ2n) is 6.41. The number of hydrogen-bond donors (Lipinski definition) is 3. The maximum Gasteiger partial charge on any atom is 0.203 e. The minimum atomic E-state index is 0.138. The summed E-state index contributed by atoms with van der Waals surface area (Å²) in [6.07, 6.45) is 1.60. The molecule has 0 saturated carbocycles. The van der Waals surface area contributed by atoms with Crippen LogP contribution in [0.4, 0.5) is 5.13 Å². The van der Waals surface area contributed by atoms with Gasteiger partial charge in [0, 0.05) is 22.7 Å². The van der Waals surface area contributed by atoms with Crippen molar-refractivity contribution >= 4 is 27.4 Å². The number of pyridine rings is 1. The van der Waals surface area contributed by atoms with Gasteiger partial charge in [0.1, 0.15) is 5.01 Å². The van der Waals surface area contributed by atoms with E-state index in [2.05, 4.69) is 27.4 Å². The van der Waals surface area contributed by atoms with Crippen LogP contribution in [-0.4, -0.2) is 21.2 Å². The molecule has 0 bridgehead atoms. The van der Waals surface area contributed by atoms with Gasteiger partial charge >= 0.3 is 0 Å². The zero-order chi connectivity index (χ0) is 18.0. The van der Waals surface area contributed by atoms with Crippen molar-refractivity contribution in [3.63, 3.8) is 0 Å². The van der Waals surface area contributed by atoms with Crippen LogP contribution in [-0.2, 0) is 13.0 Å². The van der Waals surface area contributed by atoms with E-state index in [0.29, 0.717) is 11.7 Å². The van der Waals surface area contributed by atoms with Crippen molar-refractivity contribution in [2.75, 3.05) is 5.73 Å². The number of fused-ring (bicyclic) bond motifs is 1. The van der Waals surface area contributed by atoms with Crippen LogP contribution >= 0.6 is 11.3 Å². The molecule has 3 aromatic rings.